The van der Waals surface area contributed by atoms with Gasteiger partial charge in [-0.15, -0.1) is 11.3 Å². The standard InChI is InChI=1S/C23H16N2O3S3/c1-2-27-15-9-7-14(8-10-15)25-22(29)20(31-23(25)26)13-16-11-12-18(28-16)21-24-17-5-3-4-6-19(17)30-21/h3-13H,2H2,1H3/b20-13-. The molecule has 0 atom stereocenters. The smallest absolute Gasteiger partial charge is 0.296 e. The van der Waals surface area contributed by atoms with E-state index < -0.39 is 0 Å². The largest absolute Gasteiger partial charge is 0.494 e. The molecule has 0 spiro atoms. The average molecular weight is 465 g/mol. The summed E-state index contributed by atoms with van der Waals surface area (Å²) < 4.78 is 12.6. The highest BCUT2D eigenvalue weighted by atomic mass is 32.2. The summed E-state index contributed by atoms with van der Waals surface area (Å²) in [6, 6.07) is 19.1. The van der Waals surface area contributed by atoms with Crippen molar-refractivity contribution in [2.24, 2.45) is 0 Å². The molecule has 0 saturated carbocycles. The zero-order chi connectivity index (χ0) is 21.4. The van der Waals surface area contributed by atoms with Gasteiger partial charge in [-0.2, -0.15) is 0 Å². The normalized spacial score (nSPS) is 15.4. The summed E-state index contributed by atoms with van der Waals surface area (Å²) in [5, 5.41) is 0.679. The van der Waals surface area contributed by atoms with Crippen LogP contribution in [-0.2, 0) is 0 Å². The molecule has 1 aliphatic heterocycles. The zero-order valence-electron chi connectivity index (χ0n) is 16.4. The van der Waals surface area contributed by atoms with E-state index in [1.165, 1.54) is 4.90 Å². The number of furan rings is 1. The molecule has 3 heterocycles. The van der Waals surface area contributed by atoms with Crippen LogP contribution >= 0.6 is 35.3 Å². The minimum absolute atomic E-state index is 0.140. The number of thiazole rings is 1. The number of hydrogen-bond donors (Lipinski definition) is 0. The predicted octanol–water partition coefficient (Wildman–Crippen LogP) is 7.00. The molecule has 5 nitrogen and oxygen atoms in total. The number of carbonyl (C=O) groups is 1. The second-order valence-electron chi connectivity index (χ2n) is 6.63. The van der Waals surface area contributed by atoms with Gasteiger partial charge >= 0.3 is 0 Å². The molecule has 0 N–H and O–H groups in total. The first kappa shape index (κ1) is 20.0. The molecule has 2 aromatic carbocycles. The molecule has 1 amide bonds. The van der Waals surface area contributed by atoms with Crippen LogP contribution in [-0.4, -0.2) is 21.8 Å². The maximum Gasteiger partial charge on any atom is 0.296 e. The van der Waals surface area contributed by atoms with Crippen LogP contribution in [0.1, 0.15) is 12.7 Å². The lowest BCUT2D eigenvalue weighted by atomic mass is 10.2. The quantitative estimate of drug-likeness (QED) is 0.234. The van der Waals surface area contributed by atoms with Crippen LogP contribution in [0.25, 0.3) is 27.1 Å². The summed E-state index contributed by atoms with van der Waals surface area (Å²) in [6.45, 7) is 2.52. The number of amides is 1. The van der Waals surface area contributed by atoms with E-state index in [1.54, 1.807) is 17.4 Å². The molecule has 0 radical (unpaired) electrons. The van der Waals surface area contributed by atoms with Gasteiger partial charge in [-0.1, -0.05) is 24.4 Å². The molecule has 31 heavy (non-hydrogen) atoms. The van der Waals surface area contributed by atoms with Gasteiger partial charge in [-0.3, -0.25) is 9.69 Å². The number of aromatic nitrogens is 1. The summed E-state index contributed by atoms with van der Waals surface area (Å²) in [5.41, 5.74) is 1.66. The minimum Gasteiger partial charge on any atom is -0.494 e. The Balaban J connectivity index is 1.39. The first-order chi connectivity index (χ1) is 15.1. The van der Waals surface area contributed by atoms with Crippen LogP contribution in [0.5, 0.6) is 5.75 Å². The third-order valence-electron chi connectivity index (χ3n) is 4.60. The van der Waals surface area contributed by atoms with Crippen molar-refractivity contribution in [2.45, 2.75) is 6.92 Å². The number of anilines is 1. The molecule has 0 aliphatic carbocycles. The number of thioether (sulfide) groups is 1. The van der Waals surface area contributed by atoms with Gasteiger partial charge in [-0.25, -0.2) is 4.98 Å². The average Bonchev–Trinajstić information content (AvgIpc) is 3.47. The van der Waals surface area contributed by atoms with Crippen molar-refractivity contribution < 1.29 is 13.9 Å². The Morgan fingerprint density at radius 3 is 2.71 bits per heavy atom. The summed E-state index contributed by atoms with van der Waals surface area (Å²) in [4.78, 5) is 19.9. The van der Waals surface area contributed by atoms with E-state index in [0.717, 1.165) is 32.7 Å². The lowest BCUT2D eigenvalue weighted by Gasteiger charge is -2.15. The van der Waals surface area contributed by atoms with Crippen molar-refractivity contribution in [3.63, 3.8) is 0 Å². The summed E-state index contributed by atoms with van der Waals surface area (Å²) in [7, 11) is 0. The third kappa shape index (κ3) is 3.89. The maximum atomic E-state index is 12.6. The predicted molar refractivity (Wildman–Crippen MR) is 131 cm³/mol. The Hall–Kier alpha value is -2.94. The van der Waals surface area contributed by atoms with Crippen molar-refractivity contribution in [3.8, 4) is 16.5 Å². The number of ether oxygens (including phenoxy) is 1. The number of para-hydroxylation sites is 1. The second-order valence-corrected chi connectivity index (χ2v) is 9.04. The van der Waals surface area contributed by atoms with Gasteiger partial charge in [0.15, 0.2) is 10.8 Å². The van der Waals surface area contributed by atoms with E-state index in [2.05, 4.69) is 4.98 Å². The van der Waals surface area contributed by atoms with E-state index in [9.17, 15) is 4.79 Å². The summed E-state index contributed by atoms with van der Waals surface area (Å²) in [5.74, 6) is 2.07. The zero-order valence-corrected chi connectivity index (χ0v) is 18.9. The Morgan fingerprint density at radius 1 is 1.13 bits per heavy atom. The molecule has 1 saturated heterocycles. The molecular weight excluding hydrogens is 448 g/mol. The molecule has 0 unspecified atom stereocenters. The Bertz CT molecular complexity index is 1290. The van der Waals surface area contributed by atoms with E-state index in [1.807, 2.05) is 67.6 Å². The first-order valence-corrected chi connectivity index (χ1v) is 11.6. The van der Waals surface area contributed by atoms with Gasteiger partial charge in [0.2, 0.25) is 0 Å². The second kappa shape index (κ2) is 8.30. The molecule has 154 valence electrons. The lowest BCUT2D eigenvalue weighted by molar-refractivity contribution is 0.268. The molecule has 8 heteroatoms. The molecule has 1 fully saturated rings. The topological polar surface area (TPSA) is 55.6 Å². The van der Waals surface area contributed by atoms with Crippen LogP contribution in [0.3, 0.4) is 0 Å². The molecule has 2 aromatic heterocycles. The number of benzene rings is 2. The summed E-state index contributed by atoms with van der Waals surface area (Å²) in [6.07, 6.45) is 1.80. The van der Waals surface area contributed by atoms with Crippen molar-refractivity contribution >= 4 is 67.5 Å². The SMILES string of the molecule is CCOc1ccc(N2C(=O)S/C(=C\c3ccc(-c4nc5ccccc5s4)o3)C2=S)cc1. The highest BCUT2D eigenvalue weighted by molar-refractivity contribution is 8.20. The minimum atomic E-state index is -0.140. The van der Waals surface area contributed by atoms with Crippen molar-refractivity contribution in [1.29, 1.82) is 0 Å². The monoisotopic (exact) mass is 464 g/mol. The van der Waals surface area contributed by atoms with Gasteiger partial charge in [0, 0.05) is 0 Å². The molecule has 5 rings (SSSR count). The fourth-order valence-electron chi connectivity index (χ4n) is 3.20. The van der Waals surface area contributed by atoms with Crippen LogP contribution in [0.2, 0.25) is 0 Å². The van der Waals surface area contributed by atoms with E-state index in [-0.39, 0.29) is 5.24 Å². The molecular formula is C23H16N2O3S3. The van der Waals surface area contributed by atoms with E-state index in [0.29, 0.717) is 33.7 Å². The van der Waals surface area contributed by atoms with E-state index >= 15 is 0 Å². The molecule has 4 aromatic rings. The van der Waals surface area contributed by atoms with Gasteiger partial charge in [0.1, 0.15) is 16.5 Å². The molecule has 1 aliphatic rings. The fraction of sp³-hybridized carbons (Fsp3) is 0.0870. The van der Waals surface area contributed by atoms with Crippen molar-refractivity contribution in [2.75, 3.05) is 11.5 Å². The third-order valence-corrected chi connectivity index (χ3v) is 7.08. The Morgan fingerprint density at radius 2 is 1.94 bits per heavy atom. The number of carbonyl (C=O) groups excluding carboxylic acids is 1. The number of thiocarbonyl (C=S) groups is 1. The van der Waals surface area contributed by atoms with Gasteiger partial charge in [0.25, 0.3) is 5.24 Å². The number of hydrogen-bond acceptors (Lipinski definition) is 7. The van der Waals surface area contributed by atoms with Crippen LogP contribution in [0.4, 0.5) is 10.5 Å². The van der Waals surface area contributed by atoms with E-state index in [4.69, 9.17) is 21.4 Å². The molecule has 0 bridgehead atoms. The van der Waals surface area contributed by atoms with Gasteiger partial charge in [0.05, 0.1) is 27.4 Å². The number of rotatable bonds is 5. The Kier molecular flexibility index (Phi) is 5.35. The van der Waals surface area contributed by atoms with Gasteiger partial charge in [-0.05, 0) is 73.3 Å². The maximum absolute atomic E-state index is 12.6. The van der Waals surface area contributed by atoms with Crippen molar-refractivity contribution in [3.05, 3.63) is 71.3 Å². The number of nitrogens with zero attached hydrogens (tertiary/aromatic N) is 2. The van der Waals surface area contributed by atoms with Crippen molar-refractivity contribution in [1.82, 2.24) is 4.98 Å². The number of fused-ring (bicyclic) bond motifs is 1. The Labute approximate surface area is 192 Å². The van der Waals surface area contributed by atoms with Crippen LogP contribution < -0.4 is 9.64 Å². The van der Waals surface area contributed by atoms with Crippen LogP contribution in [0, 0.1) is 0 Å². The summed E-state index contributed by atoms with van der Waals surface area (Å²) >= 11 is 8.26. The first-order valence-electron chi connectivity index (χ1n) is 9.59. The fourth-order valence-corrected chi connectivity index (χ4v) is 5.39. The highest BCUT2D eigenvalue weighted by Gasteiger charge is 2.33. The lowest BCUT2D eigenvalue weighted by Crippen LogP contribution is -2.26. The van der Waals surface area contributed by atoms with Gasteiger partial charge < -0.3 is 9.15 Å². The van der Waals surface area contributed by atoms with Crippen LogP contribution in [0.15, 0.2) is 70.0 Å². The highest BCUT2D eigenvalue weighted by Crippen LogP contribution is 2.38.